The summed E-state index contributed by atoms with van der Waals surface area (Å²) in [6.45, 7) is 1.12. The summed E-state index contributed by atoms with van der Waals surface area (Å²) in [7, 11) is 0. The maximum Gasteiger partial charge on any atom is 0.106 e. The molecule has 2 rings (SSSR count). The fourth-order valence-corrected chi connectivity index (χ4v) is 1.27. The highest BCUT2D eigenvalue weighted by atomic mass is 15.0. The third kappa shape index (κ3) is 0.707. The van der Waals surface area contributed by atoms with E-state index >= 15 is 0 Å². The van der Waals surface area contributed by atoms with Crippen LogP contribution in [-0.4, -0.2) is 11.5 Å². The molecule has 0 spiro atoms. The zero-order valence-electron chi connectivity index (χ0n) is 5.28. The van der Waals surface area contributed by atoms with E-state index in [0.717, 1.165) is 6.54 Å². The molecular weight excluding hydrogens is 112 g/mol. The van der Waals surface area contributed by atoms with Crippen molar-refractivity contribution in [1.82, 2.24) is 4.98 Å². The summed E-state index contributed by atoms with van der Waals surface area (Å²) in [6, 6.07) is 2.14. The van der Waals surface area contributed by atoms with E-state index in [9.17, 15) is 0 Å². The topological polar surface area (TPSA) is 27.8 Å². The molecule has 0 unspecified atom stereocenters. The van der Waals surface area contributed by atoms with Gasteiger partial charge in [0, 0.05) is 12.7 Å². The predicted molar refractivity (Wildman–Crippen MR) is 37.6 cm³/mol. The number of anilines is 1. The lowest BCUT2D eigenvalue weighted by atomic mass is 10.1. The minimum absolute atomic E-state index is 1.12. The van der Waals surface area contributed by atoms with Gasteiger partial charge in [0.2, 0.25) is 0 Å². The fourth-order valence-electron chi connectivity index (χ4n) is 1.27. The second-order valence-electron chi connectivity index (χ2n) is 2.41. The number of H-pyrrole nitrogens is 1. The van der Waals surface area contributed by atoms with Crippen molar-refractivity contribution in [3.8, 4) is 0 Å². The molecule has 1 aliphatic heterocycles. The Morgan fingerprint density at radius 3 is 3.33 bits per heavy atom. The SMILES string of the molecule is c1cc2c([nH]1)NCCC2. The molecule has 1 aliphatic rings. The molecule has 0 saturated carbocycles. The number of rotatable bonds is 0. The van der Waals surface area contributed by atoms with Gasteiger partial charge < -0.3 is 10.3 Å². The van der Waals surface area contributed by atoms with Gasteiger partial charge in [-0.3, -0.25) is 0 Å². The molecule has 9 heavy (non-hydrogen) atoms. The van der Waals surface area contributed by atoms with E-state index in [1.54, 1.807) is 0 Å². The van der Waals surface area contributed by atoms with Gasteiger partial charge in [-0.1, -0.05) is 0 Å². The number of aryl methyl sites for hydroxylation is 1. The van der Waals surface area contributed by atoms with Crippen LogP contribution in [0, 0.1) is 0 Å². The molecule has 0 bridgehead atoms. The first-order chi connectivity index (χ1) is 4.47. The predicted octanol–water partition coefficient (Wildman–Crippen LogP) is 1.37. The number of fused-ring (bicyclic) bond motifs is 1. The largest absolute Gasteiger partial charge is 0.371 e. The van der Waals surface area contributed by atoms with Crippen LogP contribution in [0.25, 0.3) is 0 Å². The van der Waals surface area contributed by atoms with Crippen LogP contribution < -0.4 is 5.32 Å². The standard InChI is InChI=1S/C7H10N2/c1-2-6-3-5-9-7(6)8-4-1/h3,5,8-9H,1-2,4H2. The lowest BCUT2D eigenvalue weighted by Crippen LogP contribution is -2.10. The van der Waals surface area contributed by atoms with Crippen molar-refractivity contribution in [3.05, 3.63) is 17.8 Å². The quantitative estimate of drug-likeness (QED) is 0.534. The average Bonchev–Trinajstić information content (AvgIpc) is 2.33. The summed E-state index contributed by atoms with van der Waals surface area (Å²) in [5.41, 5.74) is 1.43. The molecule has 0 aliphatic carbocycles. The Hall–Kier alpha value is -0.920. The van der Waals surface area contributed by atoms with Crippen LogP contribution in [0.15, 0.2) is 12.3 Å². The molecule has 1 aromatic rings. The Labute approximate surface area is 54.3 Å². The third-order valence-electron chi connectivity index (χ3n) is 1.76. The molecule has 0 saturated heterocycles. The first kappa shape index (κ1) is 4.91. The summed E-state index contributed by atoms with van der Waals surface area (Å²) in [5, 5.41) is 3.29. The lowest BCUT2D eigenvalue weighted by molar-refractivity contribution is 0.828. The summed E-state index contributed by atoms with van der Waals surface area (Å²) in [6.07, 6.45) is 4.49. The Balaban J connectivity index is 2.39. The van der Waals surface area contributed by atoms with E-state index < -0.39 is 0 Å². The molecular formula is C7H10N2. The Morgan fingerprint density at radius 1 is 1.44 bits per heavy atom. The van der Waals surface area contributed by atoms with Gasteiger partial charge >= 0.3 is 0 Å². The molecule has 0 atom stereocenters. The normalized spacial score (nSPS) is 16.4. The maximum atomic E-state index is 3.29. The van der Waals surface area contributed by atoms with Crippen molar-refractivity contribution >= 4 is 5.82 Å². The highest BCUT2D eigenvalue weighted by Gasteiger charge is 2.06. The van der Waals surface area contributed by atoms with Crippen molar-refractivity contribution in [3.63, 3.8) is 0 Å². The van der Waals surface area contributed by atoms with Crippen LogP contribution in [-0.2, 0) is 6.42 Å². The Bertz CT molecular complexity index is 182. The van der Waals surface area contributed by atoms with Gasteiger partial charge in [0.15, 0.2) is 0 Å². The number of aromatic amines is 1. The molecule has 0 radical (unpaired) electrons. The van der Waals surface area contributed by atoms with Crippen LogP contribution >= 0.6 is 0 Å². The monoisotopic (exact) mass is 122 g/mol. The second kappa shape index (κ2) is 1.79. The van der Waals surface area contributed by atoms with Gasteiger partial charge in [-0.15, -0.1) is 0 Å². The van der Waals surface area contributed by atoms with E-state index in [1.807, 2.05) is 6.20 Å². The van der Waals surface area contributed by atoms with Crippen molar-refractivity contribution in [2.75, 3.05) is 11.9 Å². The van der Waals surface area contributed by atoms with Crippen LogP contribution in [0.4, 0.5) is 5.82 Å². The van der Waals surface area contributed by atoms with E-state index in [0.29, 0.717) is 0 Å². The summed E-state index contributed by atoms with van der Waals surface area (Å²) in [5.74, 6) is 1.22. The minimum Gasteiger partial charge on any atom is -0.371 e. The van der Waals surface area contributed by atoms with Crippen LogP contribution in [0.1, 0.15) is 12.0 Å². The Kier molecular flexibility index (Phi) is 0.979. The molecule has 2 heteroatoms. The van der Waals surface area contributed by atoms with Gasteiger partial charge in [-0.25, -0.2) is 0 Å². The molecule has 2 nitrogen and oxygen atoms in total. The number of hydrogen-bond donors (Lipinski definition) is 2. The smallest absolute Gasteiger partial charge is 0.106 e. The van der Waals surface area contributed by atoms with Crippen molar-refractivity contribution in [2.24, 2.45) is 0 Å². The van der Waals surface area contributed by atoms with Crippen molar-refractivity contribution in [1.29, 1.82) is 0 Å². The average molecular weight is 122 g/mol. The van der Waals surface area contributed by atoms with E-state index in [4.69, 9.17) is 0 Å². The van der Waals surface area contributed by atoms with Gasteiger partial charge in [-0.05, 0) is 24.5 Å². The zero-order valence-corrected chi connectivity index (χ0v) is 5.28. The van der Waals surface area contributed by atoms with E-state index in [-0.39, 0.29) is 0 Å². The van der Waals surface area contributed by atoms with Gasteiger partial charge in [-0.2, -0.15) is 0 Å². The molecule has 2 N–H and O–H groups in total. The van der Waals surface area contributed by atoms with Crippen LogP contribution in [0.5, 0.6) is 0 Å². The van der Waals surface area contributed by atoms with Crippen LogP contribution in [0.3, 0.4) is 0 Å². The fraction of sp³-hybridized carbons (Fsp3) is 0.429. The highest BCUT2D eigenvalue weighted by Crippen LogP contribution is 2.18. The minimum atomic E-state index is 1.12. The number of aromatic nitrogens is 1. The van der Waals surface area contributed by atoms with E-state index in [2.05, 4.69) is 16.4 Å². The first-order valence-corrected chi connectivity index (χ1v) is 3.37. The summed E-state index contributed by atoms with van der Waals surface area (Å²) in [4.78, 5) is 3.15. The third-order valence-corrected chi connectivity index (χ3v) is 1.76. The number of nitrogens with one attached hydrogen (secondary N) is 2. The Morgan fingerprint density at radius 2 is 2.44 bits per heavy atom. The van der Waals surface area contributed by atoms with Gasteiger partial charge in [0.1, 0.15) is 5.82 Å². The van der Waals surface area contributed by atoms with Gasteiger partial charge in [0.05, 0.1) is 0 Å². The second-order valence-corrected chi connectivity index (χ2v) is 2.41. The summed E-state index contributed by atoms with van der Waals surface area (Å²) >= 11 is 0. The molecule has 2 heterocycles. The number of hydrogen-bond acceptors (Lipinski definition) is 1. The molecule has 1 aromatic heterocycles. The van der Waals surface area contributed by atoms with Gasteiger partial charge in [0.25, 0.3) is 0 Å². The molecule has 0 fully saturated rings. The molecule has 48 valence electrons. The summed E-state index contributed by atoms with van der Waals surface area (Å²) < 4.78 is 0. The van der Waals surface area contributed by atoms with Crippen molar-refractivity contribution < 1.29 is 0 Å². The molecule has 0 aromatic carbocycles. The lowest BCUT2D eigenvalue weighted by Gasteiger charge is -2.12. The van der Waals surface area contributed by atoms with E-state index in [1.165, 1.54) is 24.2 Å². The maximum absolute atomic E-state index is 3.29. The first-order valence-electron chi connectivity index (χ1n) is 3.37. The van der Waals surface area contributed by atoms with Crippen LogP contribution in [0.2, 0.25) is 0 Å². The zero-order chi connectivity index (χ0) is 6.10. The highest BCUT2D eigenvalue weighted by molar-refractivity contribution is 5.46. The molecule has 0 amide bonds. The van der Waals surface area contributed by atoms with Crippen molar-refractivity contribution in [2.45, 2.75) is 12.8 Å².